The third-order valence-electron chi connectivity index (χ3n) is 4.03. The van der Waals surface area contributed by atoms with Gasteiger partial charge in [0.2, 0.25) is 5.95 Å². The van der Waals surface area contributed by atoms with Gasteiger partial charge in [-0.25, -0.2) is 13.7 Å². The van der Waals surface area contributed by atoms with E-state index >= 15 is 0 Å². The monoisotopic (exact) mass is 522 g/mol. The smallest absolute Gasteiger partial charge is 0.387 e. The number of hydrogen-bond donors (Lipinski definition) is 8. The summed E-state index contributed by atoms with van der Waals surface area (Å²) >= 11 is 0. The van der Waals surface area contributed by atoms with E-state index < -0.39 is 60.2 Å². The fraction of sp³-hybridized carbons (Fsp3) is 0.455. The molecule has 6 atom stereocenters. The number of phosphoric acid groups is 3. The van der Waals surface area contributed by atoms with Crippen LogP contribution < -0.4 is 11.3 Å². The number of rotatable bonds is 8. The van der Waals surface area contributed by atoms with E-state index in [0.717, 1.165) is 0 Å². The number of aromatic amines is 1. The van der Waals surface area contributed by atoms with Crippen molar-refractivity contribution in [2.24, 2.45) is 0 Å². The molecule has 0 bridgehead atoms. The second-order valence-corrected chi connectivity index (χ2v) is 10.8. The highest BCUT2D eigenvalue weighted by Gasteiger charge is 2.46. The molecule has 21 heteroatoms. The fourth-order valence-corrected chi connectivity index (χ4v) is 5.86. The van der Waals surface area contributed by atoms with Gasteiger partial charge in [-0.1, -0.05) is 0 Å². The first kappa shape index (κ1) is 25.1. The topological polar surface area (TPSA) is 286 Å². The molecule has 180 valence electrons. The van der Waals surface area contributed by atoms with Gasteiger partial charge in [-0.3, -0.25) is 14.3 Å². The van der Waals surface area contributed by atoms with Crippen molar-refractivity contribution in [3.8, 4) is 0 Å². The average molecular weight is 522 g/mol. The molecule has 3 unspecified atom stereocenters. The molecule has 3 heterocycles. The Morgan fingerprint density at radius 3 is 2.41 bits per heavy atom. The van der Waals surface area contributed by atoms with E-state index in [4.69, 9.17) is 25.2 Å². The van der Waals surface area contributed by atoms with E-state index in [-0.39, 0.29) is 17.0 Å². The molecular weight excluding hydrogens is 505 g/mol. The lowest BCUT2D eigenvalue weighted by Gasteiger charge is -2.19. The van der Waals surface area contributed by atoms with Gasteiger partial charge in [-0.2, -0.15) is 13.6 Å². The molecule has 0 amide bonds. The quantitative estimate of drug-likeness (QED) is 0.179. The van der Waals surface area contributed by atoms with Crippen molar-refractivity contribution in [1.29, 1.82) is 0 Å². The number of nitrogens with two attached hydrogens (primary N) is 1. The summed E-state index contributed by atoms with van der Waals surface area (Å²) in [6.45, 7) is -0.992. The number of aromatic nitrogens is 3. The van der Waals surface area contributed by atoms with Crippen molar-refractivity contribution >= 4 is 40.4 Å². The van der Waals surface area contributed by atoms with Gasteiger partial charge in [0, 0.05) is 6.20 Å². The first-order valence-electron chi connectivity index (χ1n) is 8.25. The predicted molar refractivity (Wildman–Crippen MR) is 101 cm³/mol. The number of anilines is 1. The molecule has 2 aromatic rings. The second-order valence-electron chi connectivity index (χ2n) is 6.34. The van der Waals surface area contributed by atoms with Crippen molar-refractivity contribution in [2.75, 3.05) is 12.3 Å². The Kier molecular flexibility index (Phi) is 6.83. The number of fused-ring (bicyclic) bond motifs is 1. The number of aliphatic hydroxyl groups is 2. The maximum atomic E-state index is 11.9. The molecule has 1 aliphatic heterocycles. The lowest BCUT2D eigenvalue weighted by Crippen LogP contribution is -2.33. The number of hydrogen-bond acceptors (Lipinski definition) is 12. The highest BCUT2D eigenvalue weighted by atomic mass is 31.3. The number of nitrogens with zero attached hydrogens (tertiary/aromatic N) is 2. The zero-order valence-corrected chi connectivity index (χ0v) is 18.1. The van der Waals surface area contributed by atoms with Crippen LogP contribution in [0.1, 0.15) is 6.23 Å². The lowest BCUT2D eigenvalue weighted by atomic mass is 10.1. The largest absolute Gasteiger partial charge is 0.490 e. The van der Waals surface area contributed by atoms with Crippen LogP contribution in [0.4, 0.5) is 5.95 Å². The van der Waals surface area contributed by atoms with Gasteiger partial charge in [0.05, 0.1) is 12.0 Å². The molecular formula is C11H17N4O14P3. The van der Waals surface area contributed by atoms with Gasteiger partial charge in [0.1, 0.15) is 18.3 Å². The summed E-state index contributed by atoms with van der Waals surface area (Å²) in [6.07, 6.45) is -4.92. The van der Waals surface area contributed by atoms with Gasteiger partial charge < -0.3 is 44.8 Å². The minimum atomic E-state index is -5.72. The summed E-state index contributed by atoms with van der Waals surface area (Å²) in [4.78, 5) is 53.7. The SMILES string of the molecule is Nc1nc2c(ccn2[C@@H]2O[C@H](COP(=O)(O)OP(=O)(O)OP(=O)(O)O)C(O)[C@@H]2O)c(=O)[nH]1. The van der Waals surface area contributed by atoms with Crippen LogP contribution in [0.15, 0.2) is 17.1 Å². The molecule has 1 aliphatic rings. The third kappa shape index (κ3) is 5.70. The van der Waals surface area contributed by atoms with Crippen molar-refractivity contribution in [2.45, 2.75) is 24.5 Å². The molecule has 3 rings (SSSR count). The Morgan fingerprint density at radius 1 is 1.12 bits per heavy atom. The summed E-state index contributed by atoms with van der Waals surface area (Å²) in [5.41, 5.74) is 4.91. The number of H-pyrrole nitrogens is 1. The van der Waals surface area contributed by atoms with Crippen molar-refractivity contribution < 1.29 is 61.4 Å². The van der Waals surface area contributed by atoms with Gasteiger partial charge in [-0.05, 0) is 6.07 Å². The average Bonchev–Trinajstić information content (AvgIpc) is 3.12. The number of nitrogen functional groups attached to an aromatic ring is 1. The first-order valence-corrected chi connectivity index (χ1v) is 12.8. The molecule has 1 saturated heterocycles. The summed E-state index contributed by atoms with van der Waals surface area (Å²) in [5, 5.41) is 20.5. The molecule has 0 radical (unpaired) electrons. The van der Waals surface area contributed by atoms with Crippen LogP contribution in [-0.4, -0.2) is 69.2 Å². The fourth-order valence-electron chi connectivity index (χ4n) is 2.83. The third-order valence-corrected chi connectivity index (χ3v) is 7.83. The second kappa shape index (κ2) is 8.70. The van der Waals surface area contributed by atoms with Gasteiger partial charge in [0.25, 0.3) is 5.56 Å². The molecule has 0 aliphatic carbocycles. The molecule has 1 fully saturated rings. The Hall–Kier alpha value is -1.49. The number of aliphatic hydroxyl groups excluding tert-OH is 2. The molecule has 0 spiro atoms. The highest BCUT2D eigenvalue weighted by Crippen LogP contribution is 2.66. The zero-order valence-electron chi connectivity index (χ0n) is 15.4. The maximum Gasteiger partial charge on any atom is 0.490 e. The summed E-state index contributed by atoms with van der Waals surface area (Å²) in [7, 11) is -16.7. The predicted octanol–water partition coefficient (Wildman–Crippen LogP) is -1.73. The molecule has 2 aromatic heterocycles. The van der Waals surface area contributed by atoms with E-state index in [1.165, 1.54) is 16.8 Å². The van der Waals surface area contributed by atoms with E-state index in [0.29, 0.717) is 0 Å². The summed E-state index contributed by atoms with van der Waals surface area (Å²) in [6, 6.07) is 1.34. The standard InChI is InChI=1S/C11H17N4O14P3/c12-11-13-8-4(9(18)14-11)1-2-15(8)10-7(17)6(16)5(27-10)3-26-31(22,23)29-32(24,25)28-30(19,20)21/h1-2,5-7,10,16-17H,3H2,(H,22,23)(H,24,25)(H2,19,20,21)(H3,12,13,14,18)/t5-,6?,7+,10-/m1/s1. The van der Waals surface area contributed by atoms with Crippen LogP contribution in [0.5, 0.6) is 0 Å². The van der Waals surface area contributed by atoms with Gasteiger partial charge in [-0.15, -0.1) is 0 Å². The van der Waals surface area contributed by atoms with E-state index in [1.54, 1.807) is 0 Å². The Balaban J connectivity index is 1.72. The van der Waals surface area contributed by atoms with Crippen LogP contribution in [0.2, 0.25) is 0 Å². The van der Waals surface area contributed by atoms with Crippen molar-refractivity contribution in [3.05, 3.63) is 22.6 Å². The maximum absolute atomic E-state index is 11.9. The molecule has 18 nitrogen and oxygen atoms in total. The Labute approximate surface area is 176 Å². The Morgan fingerprint density at radius 2 is 1.78 bits per heavy atom. The highest BCUT2D eigenvalue weighted by molar-refractivity contribution is 7.66. The molecule has 9 N–H and O–H groups in total. The summed E-state index contributed by atoms with van der Waals surface area (Å²) < 4.78 is 51.8. The number of ether oxygens (including phenoxy) is 1. The van der Waals surface area contributed by atoms with Crippen LogP contribution in [0, 0.1) is 0 Å². The number of phosphoric ester groups is 1. The minimum absolute atomic E-state index is 0.00367. The minimum Gasteiger partial charge on any atom is -0.387 e. The first-order chi connectivity index (χ1) is 14.6. The van der Waals surface area contributed by atoms with E-state index in [2.05, 4.69) is 23.1 Å². The number of nitrogens with one attached hydrogen (secondary N) is 1. The van der Waals surface area contributed by atoms with Crippen LogP contribution in [0.25, 0.3) is 11.0 Å². The molecule has 32 heavy (non-hydrogen) atoms. The van der Waals surface area contributed by atoms with Crippen LogP contribution in [0.3, 0.4) is 0 Å². The lowest BCUT2D eigenvalue weighted by molar-refractivity contribution is -0.0500. The molecule has 0 aromatic carbocycles. The normalized spacial score (nSPS) is 27.9. The Bertz CT molecular complexity index is 1210. The zero-order chi connectivity index (χ0) is 24.1. The van der Waals surface area contributed by atoms with Crippen LogP contribution in [-0.2, 0) is 31.6 Å². The molecule has 0 saturated carbocycles. The van der Waals surface area contributed by atoms with Crippen LogP contribution >= 0.6 is 23.5 Å². The van der Waals surface area contributed by atoms with Gasteiger partial charge >= 0.3 is 23.5 Å². The van der Waals surface area contributed by atoms with Crippen molar-refractivity contribution in [3.63, 3.8) is 0 Å². The van der Waals surface area contributed by atoms with E-state index in [1.807, 2.05) is 0 Å². The summed E-state index contributed by atoms with van der Waals surface area (Å²) in [5.74, 6) is -0.236. The van der Waals surface area contributed by atoms with E-state index in [9.17, 15) is 33.6 Å². The van der Waals surface area contributed by atoms with Crippen molar-refractivity contribution in [1.82, 2.24) is 14.5 Å². The van der Waals surface area contributed by atoms with Gasteiger partial charge in [0.15, 0.2) is 11.9 Å².